The molecule has 1 aliphatic rings. The Hall–Kier alpha value is -0.740. The number of rotatable bonds is 2. The second-order valence-corrected chi connectivity index (χ2v) is 3.06. The predicted octanol–water partition coefficient (Wildman–Crippen LogP) is 1.46. The summed E-state index contributed by atoms with van der Waals surface area (Å²) >= 11 is 0. The first-order chi connectivity index (χ1) is 5.41. The van der Waals surface area contributed by atoms with Gasteiger partial charge in [0.15, 0.2) is 0 Å². The summed E-state index contributed by atoms with van der Waals surface area (Å²) in [6.07, 6.45) is -3.18. The lowest BCUT2D eigenvalue weighted by Gasteiger charge is -2.20. The highest BCUT2D eigenvalue weighted by atomic mass is 19.4. The normalized spacial score (nSPS) is 20.3. The fourth-order valence-corrected chi connectivity index (χ4v) is 1.12. The second-order valence-electron chi connectivity index (χ2n) is 3.06. The minimum absolute atomic E-state index is 0.395. The van der Waals surface area contributed by atoms with E-state index in [9.17, 15) is 18.0 Å². The molecule has 0 aromatic heterocycles. The first-order valence-electron chi connectivity index (χ1n) is 3.75. The van der Waals surface area contributed by atoms with Crippen molar-refractivity contribution in [2.24, 2.45) is 5.92 Å². The van der Waals surface area contributed by atoms with Crippen LogP contribution in [0.4, 0.5) is 13.2 Å². The molecule has 0 unspecified atom stereocenters. The molecule has 1 saturated carbocycles. The summed E-state index contributed by atoms with van der Waals surface area (Å²) in [7, 11) is 0. The Balaban J connectivity index is 2.54. The summed E-state index contributed by atoms with van der Waals surface area (Å²) in [6, 6.07) is -1.63. The summed E-state index contributed by atoms with van der Waals surface area (Å²) in [5.41, 5.74) is 0. The highest BCUT2D eigenvalue weighted by Crippen LogP contribution is 2.39. The van der Waals surface area contributed by atoms with E-state index in [0.29, 0.717) is 12.8 Å². The van der Waals surface area contributed by atoms with Gasteiger partial charge in [0.2, 0.25) is 5.91 Å². The van der Waals surface area contributed by atoms with Gasteiger partial charge in [0.25, 0.3) is 0 Å². The van der Waals surface area contributed by atoms with E-state index in [0.717, 1.165) is 6.92 Å². The SMILES string of the molecule is CC(=O)N[C@H](C1CC1)C(F)(F)F. The molecule has 70 valence electrons. The van der Waals surface area contributed by atoms with E-state index in [4.69, 9.17) is 0 Å². The Bertz CT molecular complexity index is 186. The van der Waals surface area contributed by atoms with E-state index < -0.39 is 24.0 Å². The van der Waals surface area contributed by atoms with Gasteiger partial charge in [-0.2, -0.15) is 13.2 Å². The zero-order valence-electron chi connectivity index (χ0n) is 6.61. The van der Waals surface area contributed by atoms with Gasteiger partial charge in [0.1, 0.15) is 6.04 Å². The van der Waals surface area contributed by atoms with Crippen LogP contribution >= 0.6 is 0 Å². The maximum absolute atomic E-state index is 12.2. The van der Waals surface area contributed by atoms with Crippen molar-refractivity contribution < 1.29 is 18.0 Å². The number of alkyl halides is 3. The molecule has 0 bridgehead atoms. The van der Waals surface area contributed by atoms with E-state index in [1.165, 1.54) is 0 Å². The second kappa shape index (κ2) is 2.95. The number of hydrogen-bond donors (Lipinski definition) is 1. The quantitative estimate of drug-likeness (QED) is 0.686. The van der Waals surface area contributed by atoms with Crippen LogP contribution in [0.5, 0.6) is 0 Å². The molecule has 0 spiro atoms. The molecule has 1 fully saturated rings. The highest BCUT2D eigenvalue weighted by Gasteiger charge is 2.49. The maximum Gasteiger partial charge on any atom is 0.408 e. The fourth-order valence-electron chi connectivity index (χ4n) is 1.12. The maximum atomic E-state index is 12.2. The van der Waals surface area contributed by atoms with Crippen molar-refractivity contribution in [1.82, 2.24) is 5.32 Å². The number of carbonyl (C=O) groups is 1. The number of carbonyl (C=O) groups excluding carboxylic acids is 1. The molecule has 1 N–H and O–H groups in total. The van der Waals surface area contributed by atoms with Crippen LogP contribution in [-0.2, 0) is 4.79 Å². The summed E-state index contributed by atoms with van der Waals surface area (Å²) in [5, 5.41) is 1.92. The largest absolute Gasteiger partial charge is 0.408 e. The van der Waals surface area contributed by atoms with Crippen LogP contribution in [0.15, 0.2) is 0 Å². The van der Waals surface area contributed by atoms with E-state index in [1.807, 2.05) is 5.32 Å². The van der Waals surface area contributed by atoms with Crippen LogP contribution in [0.1, 0.15) is 19.8 Å². The Morgan fingerprint density at radius 2 is 2.00 bits per heavy atom. The van der Waals surface area contributed by atoms with Crippen LogP contribution in [-0.4, -0.2) is 18.1 Å². The number of amides is 1. The van der Waals surface area contributed by atoms with Gasteiger partial charge < -0.3 is 5.32 Å². The van der Waals surface area contributed by atoms with Gasteiger partial charge in [0.05, 0.1) is 0 Å². The summed E-state index contributed by atoms with van der Waals surface area (Å²) in [5.74, 6) is -1.02. The van der Waals surface area contributed by atoms with E-state index in [-0.39, 0.29) is 0 Å². The van der Waals surface area contributed by atoms with Crippen LogP contribution in [0.2, 0.25) is 0 Å². The molecule has 1 rings (SSSR count). The smallest absolute Gasteiger partial charge is 0.344 e. The van der Waals surface area contributed by atoms with E-state index >= 15 is 0 Å². The Morgan fingerprint density at radius 3 is 2.25 bits per heavy atom. The minimum atomic E-state index is -4.30. The predicted molar refractivity (Wildman–Crippen MR) is 36.4 cm³/mol. The molecule has 12 heavy (non-hydrogen) atoms. The average Bonchev–Trinajstić information content (AvgIpc) is 2.60. The highest BCUT2D eigenvalue weighted by molar-refractivity contribution is 5.73. The third kappa shape index (κ3) is 2.39. The zero-order chi connectivity index (χ0) is 9.35. The zero-order valence-corrected chi connectivity index (χ0v) is 6.61. The van der Waals surface area contributed by atoms with Crippen molar-refractivity contribution >= 4 is 5.91 Å². The first-order valence-corrected chi connectivity index (χ1v) is 3.75. The van der Waals surface area contributed by atoms with Crippen molar-refractivity contribution in [3.63, 3.8) is 0 Å². The molecule has 1 amide bonds. The molecule has 0 saturated heterocycles. The number of nitrogens with one attached hydrogen (secondary N) is 1. The fraction of sp³-hybridized carbons (Fsp3) is 0.857. The minimum Gasteiger partial charge on any atom is -0.344 e. The van der Waals surface area contributed by atoms with Gasteiger partial charge in [-0.15, -0.1) is 0 Å². The number of halogens is 3. The first kappa shape index (κ1) is 9.35. The molecule has 5 heteroatoms. The lowest BCUT2D eigenvalue weighted by atomic mass is 10.2. The van der Waals surface area contributed by atoms with Gasteiger partial charge in [-0.3, -0.25) is 4.79 Å². The average molecular weight is 181 g/mol. The van der Waals surface area contributed by atoms with E-state index in [1.54, 1.807) is 0 Å². The Labute approximate surface area is 68.1 Å². The van der Waals surface area contributed by atoms with Gasteiger partial charge >= 0.3 is 6.18 Å². The molecule has 0 radical (unpaired) electrons. The molecular weight excluding hydrogens is 171 g/mol. The Kier molecular flexibility index (Phi) is 2.30. The lowest BCUT2D eigenvalue weighted by molar-refractivity contribution is -0.165. The summed E-state index contributed by atoms with van der Waals surface area (Å²) in [4.78, 5) is 10.4. The third-order valence-corrected chi connectivity index (χ3v) is 1.80. The summed E-state index contributed by atoms with van der Waals surface area (Å²) in [6.45, 7) is 1.10. The van der Waals surface area contributed by atoms with Crippen molar-refractivity contribution in [2.45, 2.75) is 32.0 Å². The van der Waals surface area contributed by atoms with Crippen molar-refractivity contribution in [3.05, 3.63) is 0 Å². The molecule has 0 aromatic carbocycles. The van der Waals surface area contributed by atoms with E-state index in [2.05, 4.69) is 0 Å². The lowest BCUT2D eigenvalue weighted by Crippen LogP contribution is -2.46. The molecule has 0 aliphatic heterocycles. The van der Waals surface area contributed by atoms with Crippen LogP contribution in [0.25, 0.3) is 0 Å². The molecule has 1 aliphatic carbocycles. The van der Waals surface area contributed by atoms with Crippen LogP contribution in [0, 0.1) is 5.92 Å². The molecular formula is C7H10F3NO. The monoisotopic (exact) mass is 181 g/mol. The van der Waals surface area contributed by atoms with Crippen molar-refractivity contribution in [3.8, 4) is 0 Å². The Morgan fingerprint density at radius 1 is 1.50 bits per heavy atom. The van der Waals surface area contributed by atoms with Gasteiger partial charge in [-0.1, -0.05) is 0 Å². The van der Waals surface area contributed by atoms with Gasteiger partial charge in [-0.05, 0) is 18.8 Å². The topological polar surface area (TPSA) is 29.1 Å². The molecule has 0 aromatic rings. The molecule has 0 heterocycles. The summed E-state index contributed by atoms with van der Waals surface area (Å²) < 4.78 is 36.5. The standard InChI is InChI=1S/C7H10F3NO/c1-4(12)11-6(5-2-3-5)7(8,9)10/h5-6H,2-3H2,1H3,(H,11,12)/t6-/m1/s1. The third-order valence-electron chi connectivity index (χ3n) is 1.80. The molecule has 2 nitrogen and oxygen atoms in total. The van der Waals surface area contributed by atoms with Crippen molar-refractivity contribution in [1.29, 1.82) is 0 Å². The number of hydrogen-bond acceptors (Lipinski definition) is 1. The van der Waals surface area contributed by atoms with Gasteiger partial charge in [0, 0.05) is 6.92 Å². The van der Waals surface area contributed by atoms with Crippen LogP contribution in [0.3, 0.4) is 0 Å². The van der Waals surface area contributed by atoms with Gasteiger partial charge in [-0.25, -0.2) is 0 Å². The van der Waals surface area contributed by atoms with Crippen molar-refractivity contribution in [2.75, 3.05) is 0 Å². The molecule has 1 atom stereocenters. The van der Waals surface area contributed by atoms with Crippen LogP contribution < -0.4 is 5.32 Å².